The Morgan fingerprint density at radius 2 is 2.28 bits per heavy atom. The van der Waals surface area contributed by atoms with Gasteiger partial charge in [-0.25, -0.2) is 4.98 Å². The Morgan fingerprint density at radius 3 is 2.83 bits per heavy atom. The molecule has 1 N–H and O–H groups in total. The van der Waals surface area contributed by atoms with E-state index in [1.807, 2.05) is 31.2 Å². The van der Waals surface area contributed by atoms with Crippen molar-refractivity contribution in [2.45, 2.75) is 6.92 Å². The molecule has 18 heavy (non-hydrogen) atoms. The summed E-state index contributed by atoms with van der Waals surface area (Å²) in [6.45, 7) is 2.55. The largest absolute Gasteiger partial charge is 0.492 e. The van der Waals surface area contributed by atoms with E-state index in [1.165, 1.54) is 11.3 Å². The first kappa shape index (κ1) is 13.3. The number of aromatic nitrogens is 1. The summed E-state index contributed by atoms with van der Waals surface area (Å²) in [6.07, 6.45) is 1.66. The maximum atomic E-state index is 5.85. The lowest BCUT2D eigenvalue weighted by Gasteiger charge is -2.06. The molecular formula is C12H11ClN2OS2. The third-order valence-corrected chi connectivity index (χ3v) is 3.55. The molecule has 0 saturated carbocycles. The average molecular weight is 299 g/mol. The summed E-state index contributed by atoms with van der Waals surface area (Å²) in [6, 6.07) is 7.38. The van der Waals surface area contributed by atoms with Gasteiger partial charge in [0.15, 0.2) is 0 Å². The summed E-state index contributed by atoms with van der Waals surface area (Å²) in [5.41, 5.74) is 0.706. The van der Waals surface area contributed by atoms with E-state index >= 15 is 0 Å². The molecule has 0 bridgehead atoms. The third kappa shape index (κ3) is 3.41. The van der Waals surface area contributed by atoms with Crippen molar-refractivity contribution in [3.05, 3.63) is 40.5 Å². The molecule has 2 rings (SSSR count). The van der Waals surface area contributed by atoms with Gasteiger partial charge >= 0.3 is 0 Å². The second-order valence-corrected chi connectivity index (χ2v) is 5.49. The van der Waals surface area contributed by atoms with Crippen LogP contribution < -0.4 is 10.1 Å². The maximum absolute atomic E-state index is 5.85. The fourth-order valence-corrected chi connectivity index (χ4v) is 2.57. The van der Waals surface area contributed by atoms with Crippen molar-refractivity contribution in [3.63, 3.8) is 0 Å². The van der Waals surface area contributed by atoms with Crippen LogP contribution in [0, 0.1) is 0 Å². The summed E-state index contributed by atoms with van der Waals surface area (Å²) >= 11 is 12.6. The number of nitrogens with zero attached hydrogens (tertiary/aromatic N) is 1. The zero-order chi connectivity index (χ0) is 13.0. The Labute approximate surface area is 120 Å². The van der Waals surface area contributed by atoms with Crippen LogP contribution in [-0.4, -0.2) is 16.6 Å². The van der Waals surface area contributed by atoms with Gasteiger partial charge in [0.1, 0.15) is 10.7 Å². The van der Waals surface area contributed by atoms with Gasteiger partial charge in [-0.1, -0.05) is 23.8 Å². The highest BCUT2D eigenvalue weighted by Crippen LogP contribution is 2.26. The number of nitrogens with one attached hydrogen (secondary N) is 1. The highest BCUT2D eigenvalue weighted by atomic mass is 35.5. The van der Waals surface area contributed by atoms with Crippen LogP contribution in [0.5, 0.6) is 5.75 Å². The normalized spacial score (nSPS) is 10.1. The Balaban J connectivity index is 2.04. The molecule has 2 aromatic rings. The van der Waals surface area contributed by atoms with E-state index in [4.69, 9.17) is 28.6 Å². The van der Waals surface area contributed by atoms with E-state index in [1.54, 1.807) is 6.20 Å². The van der Waals surface area contributed by atoms with E-state index in [0.717, 1.165) is 15.1 Å². The first-order valence-corrected chi connectivity index (χ1v) is 6.95. The van der Waals surface area contributed by atoms with Crippen molar-refractivity contribution in [3.8, 4) is 5.75 Å². The van der Waals surface area contributed by atoms with Crippen LogP contribution in [0.2, 0.25) is 4.34 Å². The summed E-state index contributed by atoms with van der Waals surface area (Å²) < 4.78 is 6.04. The van der Waals surface area contributed by atoms with Crippen LogP contribution in [-0.2, 0) is 0 Å². The van der Waals surface area contributed by atoms with Gasteiger partial charge in [-0.15, -0.1) is 11.3 Å². The lowest BCUT2D eigenvalue weighted by Crippen LogP contribution is -2.11. The first-order valence-electron chi connectivity index (χ1n) is 5.34. The minimum atomic E-state index is 0.566. The molecule has 94 valence electrons. The zero-order valence-corrected chi connectivity index (χ0v) is 12.0. The van der Waals surface area contributed by atoms with Gasteiger partial charge in [-0.05, 0) is 31.2 Å². The number of thiocarbonyl (C=S) groups is 1. The van der Waals surface area contributed by atoms with Gasteiger partial charge in [-0.2, -0.15) is 0 Å². The maximum Gasteiger partial charge on any atom is 0.137 e. The van der Waals surface area contributed by atoms with Crippen LogP contribution >= 0.6 is 35.2 Å². The molecule has 3 nitrogen and oxygen atoms in total. The molecule has 0 radical (unpaired) electrons. The molecule has 0 aromatic carbocycles. The van der Waals surface area contributed by atoms with Crippen LogP contribution in [0.15, 0.2) is 30.5 Å². The first-order chi connectivity index (χ1) is 8.69. The topological polar surface area (TPSA) is 34.1 Å². The Hall–Kier alpha value is -1.17. The monoisotopic (exact) mass is 298 g/mol. The van der Waals surface area contributed by atoms with Crippen LogP contribution in [0.25, 0.3) is 0 Å². The number of pyridine rings is 1. The Kier molecular flexibility index (Phi) is 4.52. The predicted molar refractivity (Wildman–Crippen MR) is 80.1 cm³/mol. The van der Waals surface area contributed by atoms with E-state index < -0.39 is 0 Å². The fourth-order valence-electron chi connectivity index (χ4n) is 1.32. The minimum absolute atomic E-state index is 0.566. The molecule has 0 aliphatic rings. The van der Waals surface area contributed by atoms with Crippen molar-refractivity contribution < 1.29 is 4.74 Å². The molecule has 0 aliphatic heterocycles. The Bertz CT molecular complexity index is 539. The van der Waals surface area contributed by atoms with E-state index in [0.29, 0.717) is 17.3 Å². The lowest BCUT2D eigenvalue weighted by atomic mass is 10.3. The highest BCUT2D eigenvalue weighted by molar-refractivity contribution is 7.81. The van der Waals surface area contributed by atoms with Gasteiger partial charge in [0.05, 0.1) is 27.8 Å². The number of thiophene rings is 1. The second-order valence-electron chi connectivity index (χ2n) is 3.37. The third-order valence-electron chi connectivity index (χ3n) is 2.09. The smallest absolute Gasteiger partial charge is 0.137 e. The number of ether oxygens (including phenoxy) is 1. The van der Waals surface area contributed by atoms with Gasteiger partial charge in [0.25, 0.3) is 0 Å². The van der Waals surface area contributed by atoms with E-state index in [-0.39, 0.29) is 0 Å². The van der Waals surface area contributed by atoms with Gasteiger partial charge < -0.3 is 10.1 Å². The van der Waals surface area contributed by atoms with Crippen molar-refractivity contribution in [1.29, 1.82) is 0 Å². The molecule has 0 saturated heterocycles. The summed E-state index contributed by atoms with van der Waals surface area (Å²) in [7, 11) is 0. The molecular weight excluding hydrogens is 288 g/mol. The van der Waals surface area contributed by atoms with Crippen molar-refractivity contribution in [1.82, 2.24) is 4.98 Å². The minimum Gasteiger partial charge on any atom is -0.492 e. The highest BCUT2D eigenvalue weighted by Gasteiger charge is 2.05. The van der Waals surface area contributed by atoms with Crippen LogP contribution in [0.3, 0.4) is 0 Å². The van der Waals surface area contributed by atoms with Crippen LogP contribution in [0.4, 0.5) is 5.00 Å². The molecule has 2 aromatic heterocycles. The van der Waals surface area contributed by atoms with Crippen molar-refractivity contribution in [2.75, 3.05) is 11.9 Å². The van der Waals surface area contributed by atoms with E-state index in [9.17, 15) is 0 Å². The quantitative estimate of drug-likeness (QED) is 0.866. The number of hydrogen-bond donors (Lipinski definition) is 1. The molecule has 0 atom stereocenters. The predicted octanol–water partition coefficient (Wildman–Crippen LogP) is 3.98. The van der Waals surface area contributed by atoms with Crippen molar-refractivity contribution >= 4 is 45.1 Å². The second kappa shape index (κ2) is 6.13. The molecule has 0 fully saturated rings. The standard InChI is InChI=1S/C12H11ClN2OS2/c1-2-16-8-3-4-9(14-7-8)12(17)15-11-6-5-10(13)18-11/h3-7H,2H2,1H3,(H,15,17). The Morgan fingerprint density at radius 1 is 1.44 bits per heavy atom. The number of hydrogen-bond acceptors (Lipinski definition) is 4. The molecule has 6 heteroatoms. The van der Waals surface area contributed by atoms with Gasteiger partial charge in [-0.3, -0.25) is 0 Å². The number of halogens is 1. The fraction of sp³-hybridized carbons (Fsp3) is 0.167. The zero-order valence-electron chi connectivity index (χ0n) is 9.64. The van der Waals surface area contributed by atoms with Gasteiger partial charge in [0.2, 0.25) is 0 Å². The molecule has 0 unspecified atom stereocenters. The van der Waals surface area contributed by atoms with Gasteiger partial charge in [0, 0.05) is 0 Å². The molecule has 0 aliphatic carbocycles. The van der Waals surface area contributed by atoms with Crippen LogP contribution in [0.1, 0.15) is 12.6 Å². The SMILES string of the molecule is CCOc1ccc(C(=S)Nc2ccc(Cl)s2)nc1. The molecule has 0 spiro atoms. The summed E-state index contributed by atoms with van der Waals surface area (Å²) in [5, 5.41) is 4.00. The van der Waals surface area contributed by atoms with E-state index in [2.05, 4.69) is 10.3 Å². The summed E-state index contributed by atoms with van der Waals surface area (Å²) in [4.78, 5) is 4.81. The average Bonchev–Trinajstić information content (AvgIpc) is 2.76. The summed E-state index contributed by atoms with van der Waals surface area (Å²) in [5.74, 6) is 0.739. The lowest BCUT2D eigenvalue weighted by molar-refractivity contribution is 0.339. The molecule has 2 heterocycles. The number of rotatable bonds is 4. The molecule has 0 amide bonds. The van der Waals surface area contributed by atoms with Crippen molar-refractivity contribution in [2.24, 2.45) is 0 Å². The number of anilines is 1.